The number of carbonyl (C=O) groups is 4. The smallest absolute Gasteiger partial charge is 0.338 e. The van der Waals surface area contributed by atoms with Crippen molar-refractivity contribution in [3.05, 3.63) is 200 Å². The summed E-state index contributed by atoms with van der Waals surface area (Å²) in [4.78, 5) is 110. The third-order valence-electron chi connectivity index (χ3n) is 20.8. The van der Waals surface area contributed by atoms with Crippen LogP contribution in [0.25, 0.3) is 33.5 Å². The first kappa shape index (κ1) is 90.4. The number of imidazole rings is 3. The van der Waals surface area contributed by atoms with Crippen LogP contribution in [0.5, 0.6) is 11.6 Å². The van der Waals surface area contributed by atoms with Crippen LogP contribution < -0.4 is 37.9 Å². The molecule has 4 aliphatic heterocycles. The topological polar surface area (TPSA) is 494 Å². The number of nitrogen functional groups attached to an aromatic ring is 3. The molecule has 11 aromatic rings. The maximum Gasteiger partial charge on any atom is 0.338 e. The fourth-order valence-electron chi connectivity index (χ4n) is 15.3. The first-order valence-electron chi connectivity index (χ1n) is 38.8. The highest BCUT2D eigenvalue weighted by molar-refractivity contribution is 6.34. The molecule has 4 aliphatic rings. The average Bonchev–Trinajstić information content (AvgIpc) is 1.64. The Morgan fingerprint density at radius 2 is 1.02 bits per heavy atom. The van der Waals surface area contributed by atoms with Crippen molar-refractivity contribution in [3.8, 4) is 11.6 Å². The third-order valence-corrected chi connectivity index (χ3v) is 21.3. The number of nitrogens with two attached hydrogens (primary N) is 3. The molecule has 654 valence electrons. The molecule has 0 radical (unpaired) electrons. The number of halogens is 5. The number of hydrogen-bond acceptors (Lipinski definition) is 32. The van der Waals surface area contributed by atoms with E-state index in [4.69, 9.17) is 92.5 Å². The predicted molar refractivity (Wildman–Crippen MR) is 434 cm³/mol. The van der Waals surface area contributed by atoms with Crippen molar-refractivity contribution in [2.75, 3.05) is 57.4 Å². The number of rotatable bonds is 25. The number of aromatic nitrogens is 14. The van der Waals surface area contributed by atoms with Crippen LogP contribution in [0.3, 0.4) is 0 Å². The molecule has 0 spiro atoms. The number of methoxy groups -OCH3 is 1. The number of nitrogens with one attached hydrogen (secondary N) is 1. The van der Waals surface area contributed by atoms with Gasteiger partial charge in [-0.2, -0.15) is 29.9 Å². The van der Waals surface area contributed by atoms with Crippen LogP contribution in [0.2, 0.25) is 10.3 Å². The Morgan fingerprint density at radius 3 is 1.50 bits per heavy atom. The molecule has 4 fully saturated rings. The number of aliphatic hydroxyl groups is 3. The number of fused-ring (bicyclic) bond motifs is 3. The van der Waals surface area contributed by atoms with E-state index in [1.54, 1.807) is 36.2 Å². The van der Waals surface area contributed by atoms with Gasteiger partial charge in [-0.3, -0.25) is 46.8 Å². The summed E-state index contributed by atoms with van der Waals surface area (Å²) in [5.74, 6) is -4.72. The third kappa shape index (κ3) is 19.8. The van der Waals surface area contributed by atoms with Gasteiger partial charge in [0, 0.05) is 44.9 Å². The minimum atomic E-state index is -2.96. The maximum atomic E-state index is 14.1. The summed E-state index contributed by atoms with van der Waals surface area (Å²) in [6.07, 6.45) is -6.82. The molecular formula is C81H90Cl2F3N17O20. The molecule has 4 aromatic carbocycles. The van der Waals surface area contributed by atoms with E-state index < -0.39 is 153 Å². The first-order valence-corrected chi connectivity index (χ1v) is 39.6. The second kappa shape index (κ2) is 40.0. The molecule has 10 N–H and O–H groups in total. The zero-order valence-electron chi connectivity index (χ0n) is 67.4. The number of hydrogen-bond donors (Lipinski definition) is 7. The zero-order chi connectivity index (χ0) is 88.3. The molecule has 37 nitrogen and oxygen atoms in total. The van der Waals surface area contributed by atoms with Gasteiger partial charge >= 0.3 is 29.6 Å². The molecule has 4 saturated heterocycles. The lowest BCUT2D eigenvalue weighted by molar-refractivity contribution is -0.156. The summed E-state index contributed by atoms with van der Waals surface area (Å²) in [5, 5.41) is 31.1. The van der Waals surface area contributed by atoms with Crippen molar-refractivity contribution < 1.29 is 99.8 Å². The van der Waals surface area contributed by atoms with Gasteiger partial charge in [0.2, 0.25) is 30.2 Å². The Balaban J connectivity index is 0.000000152. The number of benzene rings is 4. The van der Waals surface area contributed by atoms with Gasteiger partial charge in [0.1, 0.15) is 41.2 Å². The van der Waals surface area contributed by atoms with Gasteiger partial charge in [-0.1, -0.05) is 128 Å². The molecule has 0 aliphatic carbocycles. The molecule has 0 saturated carbocycles. The fourth-order valence-corrected chi connectivity index (χ4v) is 15.7. The quantitative estimate of drug-likeness (QED) is 0.0123. The number of ether oxygens (including phenoxy) is 11. The largest absolute Gasteiger partial charge is 0.497 e. The Bertz CT molecular complexity index is 5550. The summed E-state index contributed by atoms with van der Waals surface area (Å²) in [6.45, 7) is 9.30. The Morgan fingerprint density at radius 1 is 0.561 bits per heavy atom. The molecule has 7 aromatic heterocycles. The first-order chi connectivity index (χ1) is 59.0. The van der Waals surface area contributed by atoms with E-state index in [2.05, 4.69) is 56.8 Å². The minimum absolute atomic E-state index is 0.0170. The Hall–Kier alpha value is -11.9. The molecule has 0 amide bonds. The highest BCUT2D eigenvalue weighted by Crippen LogP contribution is 2.47. The van der Waals surface area contributed by atoms with Gasteiger partial charge in [0.25, 0.3) is 5.56 Å². The summed E-state index contributed by atoms with van der Waals surface area (Å²) in [7, 11) is 1.60. The van der Waals surface area contributed by atoms with Gasteiger partial charge in [0.05, 0.1) is 94.4 Å². The van der Waals surface area contributed by atoms with Crippen LogP contribution in [0.15, 0.2) is 156 Å². The highest BCUT2D eigenvalue weighted by atomic mass is 35.5. The van der Waals surface area contributed by atoms with Crippen LogP contribution >= 0.6 is 23.2 Å². The Labute approximate surface area is 708 Å². The van der Waals surface area contributed by atoms with Crippen molar-refractivity contribution >= 4 is 98.4 Å². The number of anilines is 3. The van der Waals surface area contributed by atoms with Gasteiger partial charge in [-0.05, 0) is 67.6 Å². The van der Waals surface area contributed by atoms with E-state index in [0.29, 0.717) is 22.4 Å². The maximum absolute atomic E-state index is 14.1. The van der Waals surface area contributed by atoms with E-state index in [1.807, 2.05) is 106 Å². The second-order valence-corrected chi connectivity index (χ2v) is 29.6. The van der Waals surface area contributed by atoms with Gasteiger partial charge in [-0.15, -0.1) is 0 Å². The average molecular weight is 1750 g/mol. The van der Waals surface area contributed by atoms with Gasteiger partial charge in [0.15, 0.2) is 76.0 Å². The van der Waals surface area contributed by atoms with Crippen LogP contribution in [-0.4, -0.2) is 209 Å². The lowest BCUT2D eigenvalue weighted by Gasteiger charge is -2.37. The summed E-state index contributed by atoms with van der Waals surface area (Å²) in [6, 6.07) is 36.3. The van der Waals surface area contributed by atoms with Crippen LogP contribution in [-0.2, 0) is 62.6 Å². The monoisotopic (exact) mass is 1750 g/mol. The van der Waals surface area contributed by atoms with E-state index >= 15 is 0 Å². The van der Waals surface area contributed by atoms with Crippen molar-refractivity contribution in [1.29, 1.82) is 0 Å². The fraction of sp³-hybridized carbons (Fsp3) is 0.420. The lowest BCUT2D eigenvalue weighted by Crippen LogP contribution is -2.40. The van der Waals surface area contributed by atoms with E-state index in [1.165, 1.54) is 60.0 Å². The van der Waals surface area contributed by atoms with Crippen LogP contribution in [0.1, 0.15) is 113 Å². The van der Waals surface area contributed by atoms with E-state index in [0.717, 1.165) is 41.0 Å². The molecule has 0 bridgehead atoms. The number of esters is 4. The van der Waals surface area contributed by atoms with Crippen molar-refractivity contribution in [2.24, 2.45) is 23.7 Å². The van der Waals surface area contributed by atoms with Crippen molar-refractivity contribution in [1.82, 2.24) is 68.1 Å². The van der Waals surface area contributed by atoms with E-state index in [-0.39, 0.29) is 87.1 Å². The molecular weight excluding hydrogens is 1660 g/mol. The number of nitrogens with zero attached hydrogens (tertiary/aromatic N) is 13. The lowest BCUT2D eigenvalue weighted by atomic mass is 9.79. The molecule has 0 unspecified atom stereocenters. The number of alkyl halides is 3. The van der Waals surface area contributed by atoms with Gasteiger partial charge in [-0.25, -0.2) is 33.3 Å². The number of aliphatic hydroxyl groups excluding tert-OH is 3. The summed E-state index contributed by atoms with van der Waals surface area (Å²) in [5.41, 5.74) is 19.4. The standard InChI is InChI=1S/C30H30N2O7.C20H18ClF2N5O5.C16H22FN5O5.C15H20ClN5O3/c1-37-23-14-12-22(13-15-23)30(20-8-4-2-5-9-20,21-10-6-3-7-11-21)38-19-24-25(18-33)39-28(27(24)35)32-17-16-26(34)31-29(32)36;1-9(29)32-14-12(16(22)23)11(7-31-19(30)10-5-3-2-4-6-10)33-18(14)28-8-25-13-15(21)26-20(24)27-17(13)28;1-7(2)25-14-11-13(20-16(18)21-14)22(6-19-11)15-12(26-8(3)24)9(4-17)10(5-23)27-15;1-4-8-9(5-2)24-14(11(8)23-7(3)22)21-6-18-10-12(16)19-15(17)20-13(10)21/h2-17,24-25,27-28,33,35H,18-19H2,1H3,(H,31,34,36);2-6,8,11-12,14,16,18H,7H2,1H3,(H2,24,26,27);6-7,9-10,12,15,23H,4-5H2,1-3H3,(H2,18,20,21);6,8-9,11,14H,4-5H2,1-3H3,(H2,17,19,20)/t24-,25-,27-,28-;11-,12-,14-,18-;9-,10-,12-,15-;8-,9-,11-,14-/m1111/s1. The van der Waals surface area contributed by atoms with Gasteiger partial charge < -0.3 is 84.6 Å². The van der Waals surface area contributed by atoms with Crippen molar-refractivity contribution in [3.63, 3.8) is 0 Å². The predicted octanol–water partition coefficient (Wildman–Crippen LogP) is 7.98. The van der Waals surface area contributed by atoms with Crippen LogP contribution in [0, 0.1) is 23.7 Å². The minimum Gasteiger partial charge on any atom is -0.497 e. The van der Waals surface area contributed by atoms with Crippen molar-refractivity contribution in [2.45, 2.75) is 153 Å². The molecule has 16 atom stereocenters. The number of H-pyrrole nitrogens is 1. The molecule has 123 heavy (non-hydrogen) atoms. The highest BCUT2D eigenvalue weighted by Gasteiger charge is 2.55. The Kier molecular flexibility index (Phi) is 29.4. The molecule has 42 heteroatoms. The summed E-state index contributed by atoms with van der Waals surface area (Å²) < 4.78 is 110. The summed E-state index contributed by atoms with van der Waals surface area (Å²) >= 11 is 12.1. The number of carbonyl (C=O) groups excluding carboxylic acids is 4. The van der Waals surface area contributed by atoms with E-state index in [9.17, 15) is 57.3 Å². The molecule has 11 heterocycles. The van der Waals surface area contributed by atoms with Crippen LogP contribution in [0.4, 0.5) is 31.0 Å². The normalized spacial score (nSPS) is 23.5. The number of aromatic amines is 1. The molecule has 15 rings (SSSR count). The second-order valence-electron chi connectivity index (χ2n) is 28.9. The zero-order valence-corrected chi connectivity index (χ0v) is 68.9. The SMILES string of the molecule is CC(=O)O[C@@H]1[C@H](C(F)F)[C@@H](COC(=O)c2ccccc2)O[C@H]1n1cnc2c(Cl)nc(N)nc21.CC(=O)O[C@@H]1[C@H](CF)[C@@H](CO)O[C@H]1n1cnc2c(OC(C)C)nc(N)nc21.CC[C@H]1[C@@H](OC(C)=O)[C@H](n2cnc3c(Cl)nc(N)nc32)O[C@@H]1CC.COc1ccc(C(OC[C@H]2[C@@H](O)[C@H](n3ccc(=O)[nH]c3=O)O[C@@H]2CO)(c2ccccc2)c2ccccc2)cc1.